The van der Waals surface area contributed by atoms with Crippen LogP contribution < -0.4 is 10.6 Å². The Hall–Kier alpha value is -1.59. The summed E-state index contributed by atoms with van der Waals surface area (Å²) in [6.07, 6.45) is 1.80. The number of halogens is 1. The van der Waals surface area contributed by atoms with Crippen LogP contribution in [0.25, 0.3) is 0 Å². The molecule has 0 spiro atoms. The van der Waals surface area contributed by atoms with Crippen molar-refractivity contribution in [3.63, 3.8) is 0 Å². The first kappa shape index (κ1) is 14.8. The quantitative estimate of drug-likeness (QED) is 0.847. The Balaban J connectivity index is 1.98. The zero-order chi connectivity index (χ0) is 14.5. The highest BCUT2D eigenvalue weighted by molar-refractivity contribution is 7.80. The van der Waals surface area contributed by atoms with Crippen LogP contribution in [0.4, 0.5) is 5.69 Å². The maximum Gasteiger partial charge on any atom is 0.171 e. The zero-order valence-electron chi connectivity index (χ0n) is 11.4. The maximum atomic E-state index is 5.94. The lowest BCUT2D eigenvalue weighted by Crippen LogP contribution is -2.32. The van der Waals surface area contributed by atoms with Gasteiger partial charge >= 0.3 is 0 Å². The van der Waals surface area contributed by atoms with Crippen LogP contribution in [0.1, 0.15) is 25.6 Å². The summed E-state index contributed by atoms with van der Waals surface area (Å²) in [7, 11) is 0. The summed E-state index contributed by atoms with van der Waals surface area (Å²) in [5.41, 5.74) is 1.97. The van der Waals surface area contributed by atoms with Crippen molar-refractivity contribution in [2.75, 3.05) is 5.32 Å². The van der Waals surface area contributed by atoms with E-state index in [-0.39, 0.29) is 6.04 Å². The Kier molecular flexibility index (Phi) is 4.98. The number of nitrogens with zero attached hydrogens (tertiary/aromatic N) is 2. The normalized spacial score (nSPS) is 11.9. The minimum Gasteiger partial charge on any atom is -0.354 e. The number of hydrogen-bond donors (Lipinski definition) is 2. The molecular formula is C14H17ClN4S. The molecule has 1 atom stereocenters. The number of nitrogens with one attached hydrogen (secondary N) is 2. The standard InChI is InChI=1S/C14H17ClN4S/c1-3-19-13(7-8-16-19)10(2)17-14(20)18-12-6-4-5-11(15)9-12/h4-10H,3H2,1-2H3,(H2,17,18,20). The highest BCUT2D eigenvalue weighted by atomic mass is 35.5. The van der Waals surface area contributed by atoms with Gasteiger partial charge in [0.2, 0.25) is 0 Å². The number of thiocarbonyl (C=S) groups is 1. The molecule has 0 amide bonds. The highest BCUT2D eigenvalue weighted by Crippen LogP contribution is 2.16. The van der Waals surface area contributed by atoms with Crippen LogP contribution in [-0.2, 0) is 6.54 Å². The van der Waals surface area contributed by atoms with E-state index in [0.717, 1.165) is 17.9 Å². The van der Waals surface area contributed by atoms with Crippen LogP contribution in [0.2, 0.25) is 5.02 Å². The van der Waals surface area contributed by atoms with Gasteiger partial charge in [-0.1, -0.05) is 17.7 Å². The molecule has 2 N–H and O–H groups in total. The van der Waals surface area contributed by atoms with E-state index in [9.17, 15) is 0 Å². The Morgan fingerprint density at radius 3 is 2.95 bits per heavy atom. The largest absolute Gasteiger partial charge is 0.354 e. The lowest BCUT2D eigenvalue weighted by atomic mass is 10.2. The summed E-state index contributed by atoms with van der Waals surface area (Å²) in [6.45, 7) is 4.95. The van der Waals surface area contributed by atoms with Gasteiger partial charge in [-0.05, 0) is 50.3 Å². The summed E-state index contributed by atoms with van der Waals surface area (Å²) in [6, 6.07) is 9.52. The third kappa shape index (κ3) is 3.71. The molecule has 20 heavy (non-hydrogen) atoms. The smallest absolute Gasteiger partial charge is 0.171 e. The van der Waals surface area contributed by atoms with E-state index in [1.165, 1.54) is 0 Å². The fourth-order valence-electron chi connectivity index (χ4n) is 1.98. The first-order valence-electron chi connectivity index (χ1n) is 6.45. The molecule has 0 aliphatic rings. The van der Waals surface area contributed by atoms with Crippen LogP contribution in [-0.4, -0.2) is 14.9 Å². The average Bonchev–Trinajstić information content (AvgIpc) is 2.86. The van der Waals surface area contributed by atoms with E-state index in [2.05, 4.69) is 29.6 Å². The van der Waals surface area contributed by atoms with Crippen LogP contribution in [0, 0.1) is 0 Å². The van der Waals surface area contributed by atoms with Crippen molar-refractivity contribution in [2.24, 2.45) is 0 Å². The van der Waals surface area contributed by atoms with Gasteiger partial charge in [-0.15, -0.1) is 0 Å². The Morgan fingerprint density at radius 1 is 1.45 bits per heavy atom. The van der Waals surface area contributed by atoms with E-state index in [1.807, 2.05) is 35.0 Å². The SMILES string of the molecule is CCn1nccc1C(C)NC(=S)Nc1cccc(Cl)c1. The summed E-state index contributed by atoms with van der Waals surface area (Å²) in [5.74, 6) is 0. The molecule has 0 aliphatic heterocycles. The molecule has 4 nitrogen and oxygen atoms in total. The lowest BCUT2D eigenvalue weighted by molar-refractivity contribution is 0.568. The van der Waals surface area contributed by atoms with Gasteiger partial charge in [0, 0.05) is 23.5 Å². The number of anilines is 1. The number of aryl methyl sites for hydroxylation is 1. The van der Waals surface area contributed by atoms with Crippen LogP contribution in [0.3, 0.4) is 0 Å². The van der Waals surface area contributed by atoms with Crippen LogP contribution in [0.5, 0.6) is 0 Å². The van der Waals surface area contributed by atoms with Gasteiger partial charge in [-0.2, -0.15) is 5.10 Å². The van der Waals surface area contributed by atoms with Crippen molar-refractivity contribution in [2.45, 2.75) is 26.4 Å². The first-order chi connectivity index (χ1) is 9.60. The van der Waals surface area contributed by atoms with Crippen molar-refractivity contribution in [1.82, 2.24) is 15.1 Å². The molecular weight excluding hydrogens is 292 g/mol. The van der Waals surface area contributed by atoms with Gasteiger partial charge in [0.25, 0.3) is 0 Å². The molecule has 6 heteroatoms. The summed E-state index contributed by atoms with van der Waals surface area (Å²) < 4.78 is 1.94. The van der Waals surface area contributed by atoms with Gasteiger partial charge in [0.1, 0.15) is 0 Å². The molecule has 2 rings (SSSR count). The molecule has 0 aliphatic carbocycles. The second-order valence-corrected chi connectivity index (χ2v) is 5.25. The molecule has 0 bridgehead atoms. The van der Waals surface area contributed by atoms with Crippen molar-refractivity contribution in [3.8, 4) is 0 Å². The van der Waals surface area contributed by atoms with Gasteiger partial charge in [-0.3, -0.25) is 4.68 Å². The maximum absolute atomic E-state index is 5.94. The molecule has 0 saturated heterocycles. The predicted octanol–water partition coefficient (Wildman–Crippen LogP) is 3.60. The summed E-state index contributed by atoms with van der Waals surface area (Å²) in [5, 5.41) is 11.8. The van der Waals surface area contributed by atoms with Gasteiger partial charge in [-0.25, -0.2) is 0 Å². The van der Waals surface area contributed by atoms with E-state index < -0.39 is 0 Å². The third-order valence-corrected chi connectivity index (χ3v) is 3.38. The fraction of sp³-hybridized carbons (Fsp3) is 0.286. The Labute approximate surface area is 129 Å². The monoisotopic (exact) mass is 308 g/mol. The molecule has 0 radical (unpaired) electrons. The molecule has 2 aromatic rings. The van der Waals surface area contributed by atoms with Crippen molar-refractivity contribution >= 4 is 34.6 Å². The highest BCUT2D eigenvalue weighted by Gasteiger charge is 2.11. The molecule has 1 aromatic carbocycles. The number of aromatic nitrogens is 2. The van der Waals surface area contributed by atoms with Gasteiger partial charge < -0.3 is 10.6 Å². The van der Waals surface area contributed by atoms with Gasteiger partial charge in [0.05, 0.1) is 11.7 Å². The van der Waals surface area contributed by atoms with Crippen molar-refractivity contribution in [3.05, 3.63) is 47.2 Å². The van der Waals surface area contributed by atoms with Gasteiger partial charge in [0.15, 0.2) is 5.11 Å². The van der Waals surface area contributed by atoms with Crippen molar-refractivity contribution in [1.29, 1.82) is 0 Å². The van der Waals surface area contributed by atoms with E-state index >= 15 is 0 Å². The zero-order valence-corrected chi connectivity index (χ0v) is 13.0. The molecule has 0 fully saturated rings. The lowest BCUT2D eigenvalue weighted by Gasteiger charge is -2.18. The minimum atomic E-state index is 0.0802. The minimum absolute atomic E-state index is 0.0802. The third-order valence-electron chi connectivity index (χ3n) is 2.92. The molecule has 1 aromatic heterocycles. The first-order valence-corrected chi connectivity index (χ1v) is 7.23. The van der Waals surface area contributed by atoms with Crippen LogP contribution >= 0.6 is 23.8 Å². The van der Waals surface area contributed by atoms with E-state index in [1.54, 1.807) is 6.20 Å². The fourth-order valence-corrected chi connectivity index (χ4v) is 2.46. The molecule has 1 heterocycles. The molecule has 1 unspecified atom stereocenters. The topological polar surface area (TPSA) is 41.9 Å². The Bertz CT molecular complexity index is 596. The predicted molar refractivity (Wildman–Crippen MR) is 87.1 cm³/mol. The number of rotatable bonds is 4. The second kappa shape index (κ2) is 6.72. The van der Waals surface area contributed by atoms with E-state index in [4.69, 9.17) is 23.8 Å². The number of benzene rings is 1. The average molecular weight is 309 g/mol. The number of hydrogen-bond acceptors (Lipinski definition) is 2. The molecule has 106 valence electrons. The Morgan fingerprint density at radius 2 is 2.25 bits per heavy atom. The second-order valence-electron chi connectivity index (χ2n) is 4.40. The summed E-state index contributed by atoms with van der Waals surface area (Å²) in [4.78, 5) is 0. The molecule has 0 saturated carbocycles. The van der Waals surface area contributed by atoms with Crippen LogP contribution in [0.15, 0.2) is 36.5 Å². The van der Waals surface area contributed by atoms with E-state index in [0.29, 0.717) is 10.1 Å². The summed E-state index contributed by atoms with van der Waals surface area (Å²) >= 11 is 11.3. The van der Waals surface area contributed by atoms with Crippen molar-refractivity contribution < 1.29 is 0 Å².